The van der Waals surface area contributed by atoms with Gasteiger partial charge < -0.3 is 75.2 Å². The molecule has 0 spiro atoms. The zero-order valence-electron chi connectivity index (χ0n) is 66.6. The number of fused-ring (bicyclic) bond motifs is 6. The van der Waals surface area contributed by atoms with Crippen molar-refractivity contribution in [2.24, 2.45) is 16.2 Å². The number of carbonyl (C=O) groups is 6. The first-order valence-corrected chi connectivity index (χ1v) is 43.8. The summed E-state index contributed by atoms with van der Waals surface area (Å²) in [7, 11) is -12.4. The maximum Gasteiger partial charge on any atom is 0.475 e. The van der Waals surface area contributed by atoms with E-state index in [1.54, 1.807) is 83.1 Å². The molecule has 0 aliphatic carbocycles. The largest absolute Gasteiger partial charge is 0.476 e. The number of nitrogens with zero attached hydrogens (tertiary/aromatic N) is 12. The molecule has 0 bridgehead atoms. The van der Waals surface area contributed by atoms with Crippen LogP contribution in [-0.4, -0.2) is 257 Å². The summed E-state index contributed by atoms with van der Waals surface area (Å²) in [6.07, 6.45) is -4.40. The predicted molar refractivity (Wildman–Crippen MR) is 413 cm³/mol. The van der Waals surface area contributed by atoms with E-state index in [1.807, 2.05) is 0 Å². The lowest BCUT2D eigenvalue weighted by atomic mass is 9.96. The van der Waals surface area contributed by atoms with Gasteiger partial charge in [0, 0.05) is 38.0 Å². The highest BCUT2D eigenvalue weighted by Gasteiger charge is 2.66. The fraction of sp³-hybridized carbons (Fsp3) is 0.682. The minimum Gasteiger partial charge on any atom is -0.476 e. The third-order valence-electron chi connectivity index (χ3n) is 18.5. The van der Waals surface area contributed by atoms with E-state index in [2.05, 4.69) is 44.9 Å². The van der Waals surface area contributed by atoms with E-state index >= 15 is 0 Å². The number of esters is 3. The molecule has 6 aromatic heterocycles. The summed E-state index contributed by atoms with van der Waals surface area (Å²) < 4.78 is 147. The van der Waals surface area contributed by atoms with Crippen LogP contribution in [0.4, 0.5) is 17.8 Å². The lowest BCUT2D eigenvalue weighted by molar-refractivity contribution is -0.175. The zero-order valence-corrected chi connectivity index (χ0v) is 71.7. The van der Waals surface area contributed by atoms with E-state index in [0.717, 1.165) is 35.3 Å². The third kappa shape index (κ3) is 20.3. The predicted octanol–water partition coefficient (Wildman–Crippen LogP) is 5.53. The van der Waals surface area contributed by atoms with Gasteiger partial charge in [-0.05, 0) is 83.1 Å². The van der Waals surface area contributed by atoms with Gasteiger partial charge in [0.2, 0.25) is 35.5 Å². The van der Waals surface area contributed by atoms with Crippen molar-refractivity contribution in [2.75, 3.05) is 114 Å². The number of aliphatic hydroxyl groups excluding tert-OH is 3. The van der Waals surface area contributed by atoms with Gasteiger partial charge in [-0.3, -0.25) is 83.2 Å². The molecule has 45 nitrogen and oxygen atoms in total. The molecular weight excluding hydrogens is 1670 g/mol. The Kier molecular flexibility index (Phi) is 29.3. The number of imidazole rings is 3. The molecule has 12 rings (SSSR count). The standard InChI is InChI=1S/3C22H32N5O10PS/c3*1-6-32-17-14-16(25-20(23)26-17)27(11-24-14)18-22(5,36-12(2)29)15-13(35-18)9-34-38(31,37-15)33-7-8-39-19(30)21(3,4)10-28/h3*11,13,15,18,28H,6-10H2,1-5H3,(H2,23,25,26)/t13-,15-,18-,22-,38?;13-,15-,18-,22-,38+;13-,15-,18-,22-,38-/m111/s1. The number of phosphoric acid groups is 3. The lowest BCUT2D eigenvalue weighted by Gasteiger charge is -2.37. The zero-order chi connectivity index (χ0) is 85.8. The minimum absolute atomic E-state index is 0.0616. The van der Waals surface area contributed by atoms with Crippen LogP contribution in [-0.2, 0) is 112 Å². The second kappa shape index (κ2) is 37.2. The van der Waals surface area contributed by atoms with Crippen molar-refractivity contribution in [1.82, 2.24) is 58.6 Å². The Morgan fingerprint density at radius 2 is 0.709 bits per heavy atom. The number of aromatic nitrogens is 12. The van der Waals surface area contributed by atoms with E-state index in [4.69, 9.17) is 101 Å². The van der Waals surface area contributed by atoms with Gasteiger partial charge in [-0.25, -0.2) is 28.6 Å². The molecule has 0 radical (unpaired) electrons. The summed E-state index contributed by atoms with van der Waals surface area (Å²) in [5.74, 6) is -1.09. The minimum atomic E-state index is -4.13. The quantitative estimate of drug-likeness (QED) is 0.0140. The Morgan fingerprint density at radius 3 is 0.932 bits per heavy atom. The van der Waals surface area contributed by atoms with Crippen molar-refractivity contribution in [3.63, 3.8) is 0 Å². The number of rotatable bonds is 30. The van der Waals surface area contributed by atoms with Crippen molar-refractivity contribution >= 4 is 143 Å². The van der Waals surface area contributed by atoms with Crippen molar-refractivity contribution in [3.8, 4) is 17.6 Å². The average molecular weight is 1770 g/mol. The Morgan fingerprint density at radius 1 is 0.462 bits per heavy atom. The van der Waals surface area contributed by atoms with Crippen LogP contribution >= 0.6 is 58.8 Å². The first-order chi connectivity index (χ1) is 55.0. The third-order valence-corrected chi connectivity index (χ3v) is 26.4. The van der Waals surface area contributed by atoms with Gasteiger partial charge in [-0.1, -0.05) is 35.3 Å². The van der Waals surface area contributed by atoms with Crippen LogP contribution in [0.15, 0.2) is 19.0 Å². The number of hydrogen-bond donors (Lipinski definition) is 6. The summed E-state index contributed by atoms with van der Waals surface area (Å²) in [6.45, 7) is 22.5. The number of carbonyl (C=O) groups excluding carboxylic acids is 6. The van der Waals surface area contributed by atoms with Crippen molar-refractivity contribution < 1.29 is 141 Å². The molecule has 6 aromatic rings. The fourth-order valence-corrected chi connectivity index (χ4v) is 19.8. The maximum atomic E-state index is 13.3. The molecule has 0 saturated carbocycles. The number of aliphatic hydroxyl groups is 3. The number of nitrogens with two attached hydrogens (primary N) is 3. The molecule has 6 fully saturated rings. The van der Waals surface area contributed by atoms with Crippen LogP contribution < -0.4 is 31.4 Å². The van der Waals surface area contributed by atoms with Gasteiger partial charge in [-0.15, -0.1) is 0 Å². The van der Waals surface area contributed by atoms with E-state index in [-0.39, 0.29) is 144 Å². The fourth-order valence-electron chi connectivity index (χ4n) is 12.6. The van der Waals surface area contributed by atoms with E-state index in [9.17, 15) is 57.8 Å². The van der Waals surface area contributed by atoms with Crippen LogP contribution in [0.25, 0.3) is 33.5 Å². The summed E-state index contributed by atoms with van der Waals surface area (Å²) >= 11 is 2.81. The van der Waals surface area contributed by atoms with Crippen LogP contribution in [0.3, 0.4) is 0 Å². The van der Waals surface area contributed by atoms with Crippen LogP contribution in [0, 0.1) is 16.2 Å². The SMILES string of the molecule is CCOc1nc(N)nc2c1ncn2[C@@H]1O[C@@H]2COP(=O)(OCCSC(=O)C(C)(C)CO)O[C@H]2[C@@]1(C)OC(C)=O.CCOc1nc(N)nc2c1ncn2[C@@H]1O[C@@H]2CO[P@@](=O)(OCCSC(=O)C(C)(C)CO)O[C@H]2[C@@]1(C)OC(C)=O.CCOc1nc(N)nc2c1ncn2[C@@H]1O[C@@H]2CO[P@](=O)(OCCSC(=O)C(C)(C)CO)O[C@H]2[C@@]1(C)OC(C)=O. The smallest absolute Gasteiger partial charge is 0.475 e. The van der Waals surface area contributed by atoms with Gasteiger partial charge in [0.05, 0.1) is 115 Å². The van der Waals surface area contributed by atoms with Gasteiger partial charge in [0.25, 0.3) is 0 Å². The number of phosphoric ester groups is 3. The summed E-state index contributed by atoms with van der Waals surface area (Å²) in [5.41, 5.74) is 12.1. The number of ether oxygens (including phenoxy) is 9. The molecule has 1 unspecified atom stereocenters. The molecule has 6 saturated heterocycles. The molecule has 51 heteroatoms. The highest BCUT2D eigenvalue weighted by molar-refractivity contribution is 8.14. The van der Waals surface area contributed by atoms with Gasteiger partial charge in [0.15, 0.2) is 84.3 Å². The summed E-state index contributed by atoms with van der Waals surface area (Å²) in [5, 5.41) is 27.3. The highest BCUT2D eigenvalue weighted by atomic mass is 32.2. The second-order valence-electron chi connectivity index (χ2n) is 29.2. The Balaban J connectivity index is 0.000000185. The first-order valence-electron chi connectivity index (χ1n) is 36.5. The molecule has 0 aromatic carbocycles. The van der Waals surface area contributed by atoms with Crippen molar-refractivity contribution in [2.45, 2.75) is 176 Å². The summed E-state index contributed by atoms with van der Waals surface area (Å²) in [6, 6.07) is 0. The molecule has 6 aliphatic heterocycles. The van der Waals surface area contributed by atoms with Crippen molar-refractivity contribution in [1.29, 1.82) is 0 Å². The number of hydrogen-bond acceptors (Lipinski definition) is 45. The Bertz CT molecular complexity index is 4340. The normalized spacial score (nSPS) is 28.8. The molecule has 9 N–H and O–H groups in total. The van der Waals surface area contributed by atoms with Crippen LogP contribution in [0.1, 0.15) is 123 Å². The van der Waals surface area contributed by atoms with Gasteiger partial charge >= 0.3 is 41.4 Å². The van der Waals surface area contributed by atoms with Crippen molar-refractivity contribution in [3.05, 3.63) is 19.0 Å². The average Bonchev–Trinajstić information content (AvgIpc) is 1.58. The van der Waals surface area contributed by atoms with E-state index in [0.29, 0.717) is 36.4 Å². The number of anilines is 3. The monoisotopic (exact) mass is 1770 g/mol. The Hall–Kier alpha value is -6.99. The Labute approximate surface area is 682 Å². The van der Waals surface area contributed by atoms with Crippen LogP contribution in [0.5, 0.6) is 17.6 Å². The first kappa shape index (κ1) is 92.3. The number of nitrogen functional groups attached to an aromatic ring is 3. The van der Waals surface area contributed by atoms with Crippen LogP contribution in [0.2, 0.25) is 0 Å². The lowest BCUT2D eigenvalue weighted by Crippen LogP contribution is -2.50. The molecule has 6 aliphatic rings. The molecular formula is C66H96N15O30P3S3. The molecule has 12 heterocycles. The topological polar surface area (TPSA) is 589 Å². The number of thioether (sulfide) groups is 3. The molecule has 117 heavy (non-hydrogen) atoms. The molecule has 15 atom stereocenters. The van der Waals surface area contributed by atoms with Gasteiger partial charge in [0.1, 0.15) is 36.6 Å². The molecule has 648 valence electrons. The van der Waals surface area contributed by atoms with E-state index in [1.165, 1.54) is 53.5 Å². The van der Waals surface area contributed by atoms with Gasteiger partial charge in [-0.2, -0.15) is 29.9 Å². The highest BCUT2D eigenvalue weighted by Crippen LogP contribution is 2.63. The second-order valence-corrected chi connectivity index (χ2v) is 37.3. The molecule has 0 amide bonds. The summed E-state index contributed by atoms with van der Waals surface area (Å²) in [4.78, 5) is 111. The maximum absolute atomic E-state index is 13.3. The van der Waals surface area contributed by atoms with E-state index < -0.39 is 130 Å².